The van der Waals surface area contributed by atoms with E-state index in [-0.39, 0.29) is 6.54 Å². The summed E-state index contributed by atoms with van der Waals surface area (Å²) < 4.78 is 38.5. The van der Waals surface area contributed by atoms with Crippen LogP contribution in [0.3, 0.4) is 0 Å². The van der Waals surface area contributed by atoms with Crippen LogP contribution in [0.5, 0.6) is 0 Å². The Labute approximate surface area is 79.9 Å². The molecule has 0 amide bonds. The molecule has 0 radical (unpaired) electrons. The molecule has 0 heterocycles. The van der Waals surface area contributed by atoms with Gasteiger partial charge in [0.1, 0.15) is 5.82 Å². The van der Waals surface area contributed by atoms with Gasteiger partial charge in [0.15, 0.2) is 11.6 Å². The summed E-state index contributed by atoms with van der Waals surface area (Å²) in [6.45, 7) is 0.287. The molecule has 4 heteroatoms. The zero-order chi connectivity index (χ0) is 10.6. The molecular weight excluding hydrogens is 191 g/mol. The molecule has 0 fully saturated rings. The minimum atomic E-state index is -1.24. The molecule has 14 heavy (non-hydrogen) atoms. The maximum Gasteiger partial charge on any atom is 0.177 e. The van der Waals surface area contributed by atoms with Crippen molar-refractivity contribution in [1.29, 1.82) is 0 Å². The van der Waals surface area contributed by atoms with Crippen LogP contribution >= 0.6 is 0 Å². The third-order valence-corrected chi connectivity index (χ3v) is 1.52. The van der Waals surface area contributed by atoms with Gasteiger partial charge in [-0.15, -0.1) is 0 Å². The number of rotatable bonds is 1. The maximum atomic E-state index is 13.0. The van der Waals surface area contributed by atoms with E-state index in [0.717, 1.165) is 12.1 Å². The third-order valence-electron chi connectivity index (χ3n) is 1.52. The quantitative estimate of drug-likeness (QED) is 0.536. The van der Waals surface area contributed by atoms with Crippen LogP contribution in [0.4, 0.5) is 13.2 Å². The Morgan fingerprint density at radius 1 is 1.21 bits per heavy atom. The van der Waals surface area contributed by atoms with E-state index >= 15 is 0 Å². The molecule has 1 aromatic carbocycles. The minimum absolute atomic E-state index is 0.287. The van der Waals surface area contributed by atoms with Crippen LogP contribution in [-0.4, -0.2) is 13.6 Å². The van der Waals surface area contributed by atoms with Gasteiger partial charge in [0.2, 0.25) is 0 Å². The van der Waals surface area contributed by atoms with E-state index in [0.29, 0.717) is 0 Å². The molecular formula is C10H8F3N. The van der Waals surface area contributed by atoms with Crippen LogP contribution in [0.15, 0.2) is 12.1 Å². The van der Waals surface area contributed by atoms with E-state index in [2.05, 4.69) is 17.2 Å². The van der Waals surface area contributed by atoms with Gasteiger partial charge in [0.05, 0.1) is 12.1 Å². The van der Waals surface area contributed by atoms with Crippen molar-refractivity contribution < 1.29 is 13.2 Å². The molecule has 0 aliphatic heterocycles. The standard InChI is InChI=1S/C10H8F3N/c1-14-6-2-3-7-8(11)4-5-9(12)10(7)13/h4-5,14H,6H2,1H3. The Hall–Kier alpha value is -1.47. The van der Waals surface area contributed by atoms with Gasteiger partial charge < -0.3 is 5.32 Å². The summed E-state index contributed by atoms with van der Waals surface area (Å²) in [6, 6.07) is 1.58. The molecule has 0 atom stereocenters. The monoisotopic (exact) mass is 199 g/mol. The molecule has 0 aliphatic carbocycles. The van der Waals surface area contributed by atoms with Crippen LogP contribution in [0.1, 0.15) is 5.56 Å². The van der Waals surface area contributed by atoms with Gasteiger partial charge in [0.25, 0.3) is 0 Å². The summed E-state index contributed by atoms with van der Waals surface area (Å²) in [7, 11) is 1.65. The fourth-order valence-electron chi connectivity index (χ4n) is 0.863. The molecule has 1 aromatic rings. The lowest BCUT2D eigenvalue weighted by atomic mass is 10.2. The fraction of sp³-hybridized carbons (Fsp3) is 0.200. The van der Waals surface area contributed by atoms with Crippen molar-refractivity contribution in [2.45, 2.75) is 0 Å². The van der Waals surface area contributed by atoms with Gasteiger partial charge in [-0.25, -0.2) is 13.2 Å². The highest BCUT2D eigenvalue weighted by Gasteiger charge is 2.10. The van der Waals surface area contributed by atoms with Crippen LogP contribution in [0.25, 0.3) is 0 Å². The highest BCUT2D eigenvalue weighted by atomic mass is 19.2. The van der Waals surface area contributed by atoms with Gasteiger partial charge in [-0.1, -0.05) is 11.8 Å². The predicted octanol–water partition coefficient (Wildman–Crippen LogP) is 1.67. The Morgan fingerprint density at radius 3 is 2.50 bits per heavy atom. The molecule has 0 saturated heterocycles. The second-order valence-corrected chi connectivity index (χ2v) is 2.55. The second-order valence-electron chi connectivity index (χ2n) is 2.55. The number of halogens is 3. The van der Waals surface area contributed by atoms with E-state index in [4.69, 9.17) is 0 Å². The Kier molecular flexibility index (Phi) is 3.55. The predicted molar refractivity (Wildman–Crippen MR) is 47.1 cm³/mol. The first-order chi connectivity index (χ1) is 6.66. The van der Waals surface area contributed by atoms with Crippen molar-refractivity contribution in [3.05, 3.63) is 35.1 Å². The third kappa shape index (κ3) is 2.27. The Bertz CT molecular complexity index is 390. The van der Waals surface area contributed by atoms with Crippen LogP contribution in [0, 0.1) is 29.3 Å². The lowest BCUT2D eigenvalue weighted by molar-refractivity contribution is 0.491. The van der Waals surface area contributed by atoms with Crippen LogP contribution < -0.4 is 5.32 Å². The zero-order valence-corrected chi connectivity index (χ0v) is 7.50. The van der Waals surface area contributed by atoms with E-state index in [9.17, 15) is 13.2 Å². The zero-order valence-electron chi connectivity index (χ0n) is 7.50. The van der Waals surface area contributed by atoms with Crippen LogP contribution in [0.2, 0.25) is 0 Å². The SMILES string of the molecule is CNCC#Cc1c(F)ccc(F)c1F. The highest BCUT2D eigenvalue weighted by Crippen LogP contribution is 2.14. The Balaban J connectivity index is 3.08. The second kappa shape index (κ2) is 4.68. The molecule has 0 aromatic heterocycles. The van der Waals surface area contributed by atoms with Gasteiger partial charge in [-0.3, -0.25) is 0 Å². The fourth-order valence-corrected chi connectivity index (χ4v) is 0.863. The van der Waals surface area contributed by atoms with Crippen molar-refractivity contribution in [2.24, 2.45) is 0 Å². The topological polar surface area (TPSA) is 12.0 Å². The largest absolute Gasteiger partial charge is 0.309 e. The van der Waals surface area contributed by atoms with Crippen molar-refractivity contribution in [2.75, 3.05) is 13.6 Å². The van der Waals surface area contributed by atoms with Gasteiger partial charge >= 0.3 is 0 Å². The first kappa shape index (κ1) is 10.6. The normalized spacial score (nSPS) is 9.43. The highest BCUT2D eigenvalue weighted by molar-refractivity contribution is 5.37. The molecule has 1 nitrogen and oxygen atoms in total. The summed E-state index contributed by atoms with van der Waals surface area (Å²) in [5, 5.41) is 2.68. The molecule has 1 N–H and O–H groups in total. The van der Waals surface area contributed by atoms with Crippen LogP contribution in [-0.2, 0) is 0 Å². The minimum Gasteiger partial charge on any atom is -0.309 e. The van der Waals surface area contributed by atoms with Crippen molar-refractivity contribution in [1.82, 2.24) is 5.32 Å². The molecule has 0 bridgehead atoms. The summed E-state index contributed by atoms with van der Waals surface area (Å²) in [5.41, 5.74) is -0.528. The summed E-state index contributed by atoms with van der Waals surface area (Å²) in [4.78, 5) is 0. The average Bonchev–Trinajstić information content (AvgIpc) is 2.18. The molecule has 0 spiro atoms. The van der Waals surface area contributed by atoms with Gasteiger partial charge in [0, 0.05) is 0 Å². The average molecular weight is 199 g/mol. The van der Waals surface area contributed by atoms with Crippen molar-refractivity contribution >= 4 is 0 Å². The lowest BCUT2D eigenvalue weighted by Crippen LogP contribution is -2.04. The van der Waals surface area contributed by atoms with E-state index in [1.165, 1.54) is 0 Å². The van der Waals surface area contributed by atoms with Gasteiger partial charge in [-0.05, 0) is 19.2 Å². The van der Waals surface area contributed by atoms with Crippen molar-refractivity contribution in [3.63, 3.8) is 0 Å². The molecule has 0 saturated carbocycles. The lowest BCUT2D eigenvalue weighted by Gasteiger charge is -1.97. The van der Waals surface area contributed by atoms with E-state index in [1.54, 1.807) is 7.05 Å². The van der Waals surface area contributed by atoms with Gasteiger partial charge in [-0.2, -0.15) is 0 Å². The first-order valence-electron chi connectivity index (χ1n) is 3.93. The number of hydrogen-bond donors (Lipinski definition) is 1. The number of nitrogens with one attached hydrogen (secondary N) is 1. The smallest absolute Gasteiger partial charge is 0.177 e. The molecule has 1 rings (SSSR count). The molecule has 74 valence electrons. The Morgan fingerprint density at radius 2 is 1.86 bits per heavy atom. The molecule has 0 aliphatic rings. The van der Waals surface area contributed by atoms with E-state index in [1.807, 2.05) is 0 Å². The summed E-state index contributed by atoms with van der Waals surface area (Å²) >= 11 is 0. The van der Waals surface area contributed by atoms with Crippen molar-refractivity contribution in [3.8, 4) is 11.8 Å². The number of benzene rings is 1. The summed E-state index contributed by atoms with van der Waals surface area (Å²) in [5.74, 6) is 1.48. The first-order valence-corrected chi connectivity index (χ1v) is 3.93. The summed E-state index contributed by atoms with van der Waals surface area (Å²) in [6.07, 6.45) is 0. The molecule has 0 unspecified atom stereocenters. The van der Waals surface area contributed by atoms with E-state index < -0.39 is 23.0 Å². The maximum absolute atomic E-state index is 13.0. The number of hydrogen-bond acceptors (Lipinski definition) is 1.